The summed E-state index contributed by atoms with van der Waals surface area (Å²) in [5.41, 5.74) is 0. The SMILES string of the molecule is CC1CC(N2CC3CNCC3C2C)CCO1. The van der Waals surface area contributed by atoms with Gasteiger partial charge in [-0.05, 0) is 51.6 Å². The molecule has 0 bridgehead atoms. The third-order valence-corrected chi connectivity index (χ3v) is 4.91. The van der Waals surface area contributed by atoms with Gasteiger partial charge >= 0.3 is 0 Å². The lowest BCUT2D eigenvalue weighted by Crippen LogP contribution is -2.45. The summed E-state index contributed by atoms with van der Waals surface area (Å²) in [4.78, 5) is 2.77. The first-order valence-corrected chi connectivity index (χ1v) is 6.83. The summed E-state index contributed by atoms with van der Waals surface area (Å²) in [5, 5.41) is 3.54. The van der Waals surface area contributed by atoms with Gasteiger partial charge in [-0.2, -0.15) is 0 Å². The standard InChI is InChI=1S/C13H24N2O/c1-9-5-12(3-4-16-9)15-8-11-6-14-7-13(11)10(15)2/h9-14H,3-8H2,1-2H3. The Labute approximate surface area is 98.5 Å². The highest BCUT2D eigenvalue weighted by Gasteiger charge is 2.44. The number of rotatable bonds is 1. The molecule has 3 heteroatoms. The molecule has 16 heavy (non-hydrogen) atoms. The molecule has 0 spiro atoms. The normalized spacial score (nSPS) is 49.5. The van der Waals surface area contributed by atoms with Crippen LogP contribution < -0.4 is 5.32 Å². The molecule has 3 nitrogen and oxygen atoms in total. The maximum Gasteiger partial charge on any atom is 0.0561 e. The summed E-state index contributed by atoms with van der Waals surface area (Å²) in [5.74, 6) is 1.81. The number of nitrogens with zero attached hydrogens (tertiary/aromatic N) is 1. The Morgan fingerprint density at radius 2 is 2.12 bits per heavy atom. The molecule has 0 aromatic rings. The van der Waals surface area contributed by atoms with Gasteiger partial charge in [0.25, 0.3) is 0 Å². The fraction of sp³-hybridized carbons (Fsp3) is 1.00. The number of nitrogens with one attached hydrogen (secondary N) is 1. The molecule has 3 heterocycles. The lowest BCUT2D eigenvalue weighted by Gasteiger charge is -2.37. The zero-order chi connectivity index (χ0) is 11.1. The lowest BCUT2D eigenvalue weighted by molar-refractivity contribution is -0.0213. The summed E-state index contributed by atoms with van der Waals surface area (Å²) < 4.78 is 5.66. The predicted molar refractivity (Wildman–Crippen MR) is 64.5 cm³/mol. The van der Waals surface area contributed by atoms with Gasteiger partial charge in [0, 0.05) is 25.2 Å². The van der Waals surface area contributed by atoms with E-state index < -0.39 is 0 Å². The molecule has 3 aliphatic rings. The van der Waals surface area contributed by atoms with E-state index in [1.54, 1.807) is 0 Å². The van der Waals surface area contributed by atoms with E-state index in [9.17, 15) is 0 Å². The molecule has 0 aromatic carbocycles. The number of likely N-dealkylation sites (tertiary alicyclic amines) is 1. The number of ether oxygens (including phenoxy) is 1. The van der Waals surface area contributed by atoms with Crippen LogP contribution in [0.25, 0.3) is 0 Å². The van der Waals surface area contributed by atoms with Crippen LogP contribution in [0.3, 0.4) is 0 Å². The number of hydrogen-bond donors (Lipinski definition) is 1. The first-order valence-electron chi connectivity index (χ1n) is 6.83. The van der Waals surface area contributed by atoms with E-state index in [1.807, 2.05) is 0 Å². The molecule has 0 amide bonds. The van der Waals surface area contributed by atoms with Crippen LogP contribution in [-0.2, 0) is 4.74 Å². The molecule has 92 valence electrons. The molecule has 3 saturated heterocycles. The molecule has 3 aliphatic heterocycles. The fourth-order valence-electron chi connectivity index (χ4n) is 3.96. The van der Waals surface area contributed by atoms with Gasteiger partial charge in [0.2, 0.25) is 0 Å². The van der Waals surface area contributed by atoms with Gasteiger partial charge in [-0.1, -0.05) is 0 Å². The lowest BCUT2D eigenvalue weighted by atomic mass is 9.95. The van der Waals surface area contributed by atoms with Crippen molar-refractivity contribution in [1.82, 2.24) is 10.2 Å². The molecule has 0 aliphatic carbocycles. The highest BCUT2D eigenvalue weighted by atomic mass is 16.5. The minimum absolute atomic E-state index is 0.463. The van der Waals surface area contributed by atoms with Crippen LogP contribution in [0.2, 0.25) is 0 Å². The second kappa shape index (κ2) is 4.28. The van der Waals surface area contributed by atoms with Crippen LogP contribution in [0.1, 0.15) is 26.7 Å². The van der Waals surface area contributed by atoms with Crippen molar-refractivity contribution in [2.45, 2.75) is 44.9 Å². The molecule has 0 saturated carbocycles. The van der Waals surface area contributed by atoms with Gasteiger partial charge in [0.15, 0.2) is 0 Å². The second-order valence-electron chi connectivity index (χ2n) is 5.88. The Bertz CT molecular complexity index is 258. The molecule has 0 aromatic heterocycles. The Kier molecular flexibility index (Phi) is 2.94. The molecule has 0 radical (unpaired) electrons. The van der Waals surface area contributed by atoms with Crippen molar-refractivity contribution >= 4 is 0 Å². The molecular weight excluding hydrogens is 200 g/mol. The van der Waals surface area contributed by atoms with Crippen molar-refractivity contribution < 1.29 is 4.74 Å². The smallest absolute Gasteiger partial charge is 0.0561 e. The van der Waals surface area contributed by atoms with Gasteiger partial charge < -0.3 is 10.1 Å². The van der Waals surface area contributed by atoms with Crippen molar-refractivity contribution in [3.8, 4) is 0 Å². The molecule has 3 rings (SSSR count). The molecule has 5 unspecified atom stereocenters. The largest absolute Gasteiger partial charge is 0.378 e. The van der Waals surface area contributed by atoms with Crippen molar-refractivity contribution in [1.29, 1.82) is 0 Å². The maximum absolute atomic E-state index is 5.66. The zero-order valence-corrected chi connectivity index (χ0v) is 10.5. The van der Waals surface area contributed by atoms with Crippen molar-refractivity contribution in [3.63, 3.8) is 0 Å². The summed E-state index contributed by atoms with van der Waals surface area (Å²) in [6.45, 7) is 9.40. The Morgan fingerprint density at radius 3 is 2.88 bits per heavy atom. The summed E-state index contributed by atoms with van der Waals surface area (Å²) in [7, 11) is 0. The predicted octanol–water partition coefficient (Wildman–Crippen LogP) is 1.09. The van der Waals surface area contributed by atoms with Crippen LogP contribution >= 0.6 is 0 Å². The van der Waals surface area contributed by atoms with Crippen molar-refractivity contribution in [2.24, 2.45) is 11.8 Å². The second-order valence-corrected chi connectivity index (χ2v) is 5.88. The van der Waals surface area contributed by atoms with Gasteiger partial charge in [-0.3, -0.25) is 4.90 Å². The minimum Gasteiger partial charge on any atom is -0.378 e. The molecule has 3 fully saturated rings. The third kappa shape index (κ3) is 1.79. The third-order valence-electron chi connectivity index (χ3n) is 4.91. The van der Waals surface area contributed by atoms with Gasteiger partial charge in [-0.15, -0.1) is 0 Å². The number of fused-ring (bicyclic) bond motifs is 1. The van der Waals surface area contributed by atoms with Crippen LogP contribution in [0.4, 0.5) is 0 Å². The average Bonchev–Trinajstić information content (AvgIpc) is 2.82. The molecule has 5 atom stereocenters. The van der Waals surface area contributed by atoms with Crippen molar-refractivity contribution in [2.75, 3.05) is 26.2 Å². The van der Waals surface area contributed by atoms with E-state index in [4.69, 9.17) is 4.74 Å². The quantitative estimate of drug-likeness (QED) is 0.722. The van der Waals surface area contributed by atoms with E-state index in [0.717, 1.165) is 30.5 Å². The van der Waals surface area contributed by atoms with Gasteiger partial charge in [0.05, 0.1) is 6.10 Å². The van der Waals surface area contributed by atoms with E-state index in [0.29, 0.717) is 6.10 Å². The first kappa shape index (κ1) is 11.0. The summed E-state index contributed by atoms with van der Waals surface area (Å²) in [6.07, 6.45) is 2.93. The monoisotopic (exact) mass is 224 g/mol. The number of hydrogen-bond acceptors (Lipinski definition) is 3. The summed E-state index contributed by atoms with van der Waals surface area (Å²) >= 11 is 0. The Hall–Kier alpha value is -0.120. The first-order chi connectivity index (χ1) is 7.75. The molecule has 1 N–H and O–H groups in total. The average molecular weight is 224 g/mol. The van der Waals surface area contributed by atoms with E-state index in [2.05, 4.69) is 24.1 Å². The van der Waals surface area contributed by atoms with Gasteiger partial charge in [0.1, 0.15) is 0 Å². The van der Waals surface area contributed by atoms with E-state index in [-0.39, 0.29) is 0 Å². The molecular formula is C13H24N2O. The zero-order valence-electron chi connectivity index (χ0n) is 10.5. The Morgan fingerprint density at radius 1 is 1.25 bits per heavy atom. The Balaban J connectivity index is 1.67. The maximum atomic E-state index is 5.66. The summed E-state index contributed by atoms with van der Waals surface area (Å²) in [6, 6.07) is 1.56. The highest BCUT2D eigenvalue weighted by Crippen LogP contribution is 2.36. The highest BCUT2D eigenvalue weighted by molar-refractivity contribution is 4.99. The fourth-order valence-corrected chi connectivity index (χ4v) is 3.96. The van der Waals surface area contributed by atoms with Gasteiger partial charge in [-0.25, -0.2) is 0 Å². The van der Waals surface area contributed by atoms with Crippen LogP contribution in [0.5, 0.6) is 0 Å². The minimum atomic E-state index is 0.463. The van der Waals surface area contributed by atoms with Crippen LogP contribution in [0.15, 0.2) is 0 Å². The van der Waals surface area contributed by atoms with E-state index >= 15 is 0 Å². The van der Waals surface area contributed by atoms with Crippen LogP contribution in [-0.4, -0.2) is 49.3 Å². The topological polar surface area (TPSA) is 24.5 Å². The van der Waals surface area contributed by atoms with Crippen molar-refractivity contribution in [3.05, 3.63) is 0 Å². The van der Waals surface area contributed by atoms with E-state index in [1.165, 1.54) is 32.5 Å². The van der Waals surface area contributed by atoms with Crippen LogP contribution in [0, 0.1) is 11.8 Å².